The maximum absolute atomic E-state index is 5.38. The zero-order valence-electron chi connectivity index (χ0n) is 15.3. The molecule has 0 bridgehead atoms. The van der Waals surface area contributed by atoms with Crippen LogP contribution in [0.2, 0.25) is 0 Å². The number of anilines is 3. The Kier molecular flexibility index (Phi) is 5.26. The first-order valence-electron chi connectivity index (χ1n) is 9.40. The van der Waals surface area contributed by atoms with Crippen LogP contribution in [-0.4, -0.2) is 65.8 Å². The summed E-state index contributed by atoms with van der Waals surface area (Å²) in [5.41, 5.74) is 3.89. The molecule has 0 saturated carbocycles. The molecule has 0 amide bonds. The number of nitrogens with one attached hydrogen (secondary N) is 1. The van der Waals surface area contributed by atoms with Gasteiger partial charge >= 0.3 is 0 Å². The van der Waals surface area contributed by atoms with Crippen LogP contribution < -0.4 is 10.2 Å². The summed E-state index contributed by atoms with van der Waals surface area (Å²) < 4.78 is 5.38. The number of benzene rings is 1. The summed E-state index contributed by atoms with van der Waals surface area (Å²) in [6.07, 6.45) is 3.83. The van der Waals surface area contributed by atoms with Crippen LogP contribution in [0.5, 0.6) is 0 Å². The first-order valence-corrected chi connectivity index (χ1v) is 9.40. The molecule has 7 nitrogen and oxygen atoms in total. The van der Waals surface area contributed by atoms with Crippen molar-refractivity contribution in [2.45, 2.75) is 19.8 Å². The van der Waals surface area contributed by atoms with E-state index in [2.05, 4.69) is 55.2 Å². The zero-order chi connectivity index (χ0) is 17.8. The van der Waals surface area contributed by atoms with Crippen molar-refractivity contribution in [1.82, 2.24) is 19.9 Å². The summed E-state index contributed by atoms with van der Waals surface area (Å²) in [7, 11) is 0. The molecule has 4 rings (SSSR count). The Balaban J connectivity index is 1.43. The molecule has 1 saturated heterocycles. The van der Waals surface area contributed by atoms with E-state index in [1.54, 1.807) is 6.33 Å². The van der Waals surface area contributed by atoms with Crippen LogP contribution in [0.4, 0.5) is 17.6 Å². The number of aromatic nitrogens is 3. The van der Waals surface area contributed by atoms with Crippen LogP contribution in [0.15, 0.2) is 24.5 Å². The quantitative estimate of drug-likeness (QED) is 0.881. The number of rotatable bonds is 5. The van der Waals surface area contributed by atoms with Gasteiger partial charge in [0.05, 0.1) is 13.2 Å². The predicted octanol–water partition coefficient (Wildman–Crippen LogP) is 2.01. The summed E-state index contributed by atoms with van der Waals surface area (Å²) >= 11 is 0. The Morgan fingerprint density at radius 1 is 1.15 bits per heavy atom. The Morgan fingerprint density at radius 2 is 2.04 bits per heavy atom. The van der Waals surface area contributed by atoms with Crippen molar-refractivity contribution < 1.29 is 4.74 Å². The van der Waals surface area contributed by atoms with Crippen LogP contribution in [0.25, 0.3) is 0 Å². The second-order valence-corrected chi connectivity index (χ2v) is 6.88. The highest BCUT2D eigenvalue weighted by atomic mass is 16.5. The van der Waals surface area contributed by atoms with Crippen LogP contribution >= 0.6 is 0 Å². The predicted molar refractivity (Wildman–Crippen MR) is 102 cm³/mol. The largest absolute Gasteiger partial charge is 0.379 e. The molecular weight excluding hydrogens is 328 g/mol. The number of fused-ring (bicyclic) bond motifs is 1. The van der Waals surface area contributed by atoms with Crippen molar-refractivity contribution in [3.8, 4) is 0 Å². The van der Waals surface area contributed by atoms with Crippen molar-refractivity contribution in [3.63, 3.8) is 0 Å². The number of hydrogen-bond acceptors (Lipinski definition) is 7. The normalized spacial score (nSPS) is 17.8. The molecule has 1 aromatic heterocycles. The maximum Gasteiger partial charge on any atom is 0.234 e. The Labute approximate surface area is 154 Å². The van der Waals surface area contributed by atoms with Gasteiger partial charge in [0.1, 0.15) is 6.33 Å². The molecule has 0 atom stereocenters. The van der Waals surface area contributed by atoms with Gasteiger partial charge in [0.2, 0.25) is 11.9 Å². The minimum Gasteiger partial charge on any atom is -0.379 e. The van der Waals surface area contributed by atoms with Gasteiger partial charge in [-0.05, 0) is 31.4 Å². The molecule has 7 heteroatoms. The number of aryl methyl sites for hydroxylation is 2. The fraction of sp³-hybridized carbons (Fsp3) is 0.526. The van der Waals surface area contributed by atoms with E-state index in [1.165, 1.54) is 16.8 Å². The first-order chi connectivity index (χ1) is 12.8. The average Bonchev–Trinajstić information content (AvgIpc) is 2.68. The third-order valence-electron chi connectivity index (χ3n) is 4.97. The van der Waals surface area contributed by atoms with E-state index in [-0.39, 0.29) is 0 Å². The van der Waals surface area contributed by atoms with Crippen molar-refractivity contribution in [1.29, 1.82) is 0 Å². The minimum absolute atomic E-state index is 0.641. The lowest BCUT2D eigenvalue weighted by Crippen LogP contribution is -2.39. The van der Waals surface area contributed by atoms with Gasteiger partial charge < -0.3 is 15.0 Å². The van der Waals surface area contributed by atoms with Gasteiger partial charge in [0.25, 0.3) is 0 Å². The van der Waals surface area contributed by atoms with Crippen LogP contribution in [0.1, 0.15) is 17.5 Å². The fourth-order valence-corrected chi connectivity index (χ4v) is 3.59. The molecule has 2 aromatic rings. The molecule has 26 heavy (non-hydrogen) atoms. The highest BCUT2D eigenvalue weighted by Gasteiger charge is 2.20. The molecule has 0 unspecified atom stereocenters. The molecule has 1 N–H and O–H groups in total. The summed E-state index contributed by atoms with van der Waals surface area (Å²) in [5, 5.41) is 3.33. The van der Waals surface area contributed by atoms with Crippen LogP contribution in [0, 0.1) is 6.92 Å². The van der Waals surface area contributed by atoms with Crippen LogP contribution in [0.3, 0.4) is 0 Å². The standard InChI is InChI=1S/C19H26N6O/c1-15-4-5-17-16(13-15)3-2-7-25(17)19-22-14-21-18(23-19)20-6-8-24-9-11-26-12-10-24/h4-5,13-14H,2-3,6-12H2,1H3,(H,20,21,22,23). The molecule has 2 aliphatic rings. The van der Waals surface area contributed by atoms with Crippen molar-refractivity contribution in [2.75, 3.05) is 56.2 Å². The molecular formula is C19H26N6O. The number of ether oxygens (including phenoxy) is 1. The van der Waals surface area contributed by atoms with Gasteiger partial charge in [-0.25, -0.2) is 9.97 Å². The second-order valence-electron chi connectivity index (χ2n) is 6.88. The lowest BCUT2D eigenvalue weighted by molar-refractivity contribution is 0.0398. The van der Waals surface area contributed by atoms with E-state index in [9.17, 15) is 0 Å². The second kappa shape index (κ2) is 7.97. The van der Waals surface area contributed by atoms with Gasteiger partial charge in [-0.15, -0.1) is 0 Å². The fourth-order valence-electron chi connectivity index (χ4n) is 3.59. The summed E-state index contributed by atoms with van der Waals surface area (Å²) in [6.45, 7) is 8.50. The lowest BCUT2D eigenvalue weighted by atomic mass is 10.00. The lowest BCUT2D eigenvalue weighted by Gasteiger charge is -2.29. The summed E-state index contributed by atoms with van der Waals surface area (Å²) in [4.78, 5) is 17.9. The maximum atomic E-state index is 5.38. The first kappa shape index (κ1) is 17.2. The highest BCUT2D eigenvalue weighted by Crippen LogP contribution is 2.32. The molecule has 0 spiro atoms. The number of nitrogens with zero attached hydrogens (tertiary/aromatic N) is 5. The third kappa shape index (κ3) is 3.94. The topological polar surface area (TPSA) is 66.4 Å². The number of morpholine rings is 1. The summed E-state index contributed by atoms with van der Waals surface area (Å²) in [5.74, 6) is 1.36. The Hall–Kier alpha value is -2.25. The Morgan fingerprint density at radius 3 is 2.92 bits per heavy atom. The van der Waals surface area contributed by atoms with E-state index in [1.807, 2.05) is 0 Å². The molecule has 0 aliphatic carbocycles. The van der Waals surface area contributed by atoms with Gasteiger partial charge in [0, 0.05) is 38.4 Å². The SMILES string of the molecule is Cc1ccc2c(c1)CCCN2c1ncnc(NCCN2CCOCC2)n1. The minimum atomic E-state index is 0.641. The van der Waals surface area contributed by atoms with E-state index >= 15 is 0 Å². The van der Waals surface area contributed by atoms with Gasteiger partial charge in [-0.1, -0.05) is 17.7 Å². The van der Waals surface area contributed by atoms with Gasteiger partial charge in [0.15, 0.2) is 0 Å². The molecule has 1 aromatic carbocycles. The molecule has 138 valence electrons. The van der Waals surface area contributed by atoms with E-state index in [0.717, 1.165) is 64.7 Å². The van der Waals surface area contributed by atoms with E-state index in [0.29, 0.717) is 5.95 Å². The highest BCUT2D eigenvalue weighted by molar-refractivity contribution is 5.64. The van der Waals surface area contributed by atoms with Crippen molar-refractivity contribution >= 4 is 17.6 Å². The number of hydrogen-bond donors (Lipinski definition) is 1. The van der Waals surface area contributed by atoms with E-state index < -0.39 is 0 Å². The average molecular weight is 354 g/mol. The molecule has 1 fully saturated rings. The van der Waals surface area contributed by atoms with E-state index in [4.69, 9.17) is 4.74 Å². The molecule has 2 aliphatic heterocycles. The Bertz CT molecular complexity index is 747. The molecule has 3 heterocycles. The smallest absolute Gasteiger partial charge is 0.234 e. The van der Waals surface area contributed by atoms with Gasteiger partial charge in [-0.2, -0.15) is 4.98 Å². The summed E-state index contributed by atoms with van der Waals surface area (Å²) in [6, 6.07) is 6.60. The third-order valence-corrected chi connectivity index (χ3v) is 4.97. The zero-order valence-corrected chi connectivity index (χ0v) is 15.3. The van der Waals surface area contributed by atoms with Crippen LogP contribution in [-0.2, 0) is 11.2 Å². The van der Waals surface area contributed by atoms with Gasteiger partial charge in [-0.3, -0.25) is 4.90 Å². The monoisotopic (exact) mass is 354 g/mol. The molecule has 0 radical (unpaired) electrons. The van der Waals surface area contributed by atoms with Crippen molar-refractivity contribution in [3.05, 3.63) is 35.7 Å². The van der Waals surface area contributed by atoms with Crippen molar-refractivity contribution in [2.24, 2.45) is 0 Å².